The van der Waals surface area contributed by atoms with Crippen LogP contribution in [0.4, 0.5) is 10.1 Å². The maximum absolute atomic E-state index is 14.5. The van der Waals surface area contributed by atoms with Gasteiger partial charge in [0.25, 0.3) is 15.9 Å². The maximum atomic E-state index is 14.5. The number of hydrogen-bond acceptors (Lipinski definition) is 6. The van der Waals surface area contributed by atoms with Crippen molar-refractivity contribution in [1.29, 1.82) is 0 Å². The van der Waals surface area contributed by atoms with Crippen LogP contribution in [0.1, 0.15) is 18.1 Å². The molecule has 8 nitrogen and oxygen atoms in total. The maximum Gasteiger partial charge on any atom is 0.264 e. The molecule has 0 unspecified atom stereocenters. The number of carbonyl (C=O) groups excluding carboxylic acids is 1. The number of ether oxygens (including phenoxy) is 1. The van der Waals surface area contributed by atoms with Crippen molar-refractivity contribution in [3.8, 4) is 11.5 Å². The molecule has 0 aliphatic heterocycles. The minimum Gasteiger partial charge on any atom is -0.504 e. The van der Waals surface area contributed by atoms with E-state index in [1.54, 1.807) is 25.1 Å². The zero-order chi connectivity index (χ0) is 24.7. The molecule has 0 fully saturated rings. The number of phenolic OH excluding ortho intramolecular Hbond substituents is 1. The zero-order valence-electron chi connectivity index (χ0n) is 18.6. The lowest BCUT2D eigenvalue weighted by Gasteiger charge is -2.24. The number of aryl methyl sites for hydroxylation is 1. The highest BCUT2D eigenvalue weighted by Crippen LogP contribution is 2.27. The van der Waals surface area contributed by atoms with Crippen LogP contribution >= 0.6 is 0 Å². The number of aromatic hydroxyl groups is 1. The van der Waals surface area contributed by atoms with Crippen LogP contribution in [-0.4, -0.2) is 38.8 Å². The van der Waals surface area contributed by atoms with Crippen molar-refractivity contribution in [3.05, 3.63) is 83.7 Å². The van der Waals surface area contributed by atoms with Crippen LogP contribution in [0, 0.1) is 12.7 Å². The van der Waals surface area contributed by atoms with E-state index < -0.39 is 28.3 Å². The lowest BCUT2D eigenvalue weighted by Crippen LogP contribution is -2.40. The van der Waals surface area contributed by atoms with Crippen molar-refractivity contribution in [2.45, 2.75) is 18.7 Å². The second-order valence-corrected chi connectivity index (χ2v) is 9.09. The Labute approximate surface area is 197 Å². The number of rotatable bonds is 9. The number of phenols is 1. The number of amides is 1. The van der Waals surface area contributed by atoms with Gasteiger partial charge in [0, 0.05) is 0 Å². The molecule has 178 valence electrons. The molecule has 1 amide bonds. The molecule has 0 saturated heterocycles. The molecule has 0 aliphatic carbocycles. The summed E-state index contributed by atoms with van der Waals surface area (Å²) in [5.41, 5.74) is 3.37. The third-order valence-electron chi connectivity index (χ3n) is 4.70. The first-order chi connectivity index (χ1) is 16.2. The number of benzene rings is 3. The number of hydrogen-bond donors (Lipinski definition) is 2. The fourth-order valence-corrected chi connectivity index (χ4v) is 4.45. The first-order valence-corrected chi connectivity index (χ1v) is 11.8. The Kier molecular flexibility index (Phi) is 7.85. The van der Waals surface area contributed by atoms with Crippen molar-refractivity contribution in [2.24, 2.45) is 5.10 Å². The van der Waals surface area contributed by atoms with Gasteiger partial charge in [0.2, 0.25) is 0 Å². The van der Waals surface area contributed by atoms with Crippen molar-refractivity contribution >= 4 is 27.8 Å². The van der Waals surface area contributed by atoms with E-state index in [0.29, 0.717) is 16.5 Å². The highest BCUT2D eigenvalue weighted by atomic mass is 32.2. The van der Waals surface area contributed by atoms with E-state index in [0.717, 1.165) is 11.6 Å². The summed E-state index contributed by atoms with van der Waals surface area (Å²) < 4.78 is 47.0. The topological polar surface area (TPSA) is 108 Å². The van der Waals surface area contributed by atoms with Crippen molar-refractivity contribution in [1.82, 2.24) is 5.43 Å². The highest BCUT2D eigenvalue weighted by Gasteiger charge is 2.29. The normalized spacial score (nSPS) is 11.4. The van der Waals surface area contributed by atoms with Crippen molar-refractivity contribution < 1.29 is 27.4 Å². The average Bonchev–Trinajstić information content (AvgIpc) is 2.80. The molecule has 0 heterocycles. The Morgan fingerprint density at radius 1 is 1.15 bits per heavy atom. The van der Waals surface area contributed by atoms with Crippen LogP contribution in [0.5, 0.6) is 11.5 Å². The Morgan fingerprint density at radius 2 is 1.85 bits per heavy atom. The third kappa shape index (κ3) is 5.90. The number of anilines is 1. The van der Waals surface area contributed by atoms with E-state index in [4.69, 9.17) is 4.74 Å². The molecule has 0 aliphatic rings. The number of para-hydroxylation sites is 1. The van der Waals surface area contributed by atoms with E-state index in [1.165, 1.54) is 48.7 Å². The second kappa shape index (κ2) is 10.8. The number of carbonyl (C=O) groups is 1. The summed E-state index contributed by atoms with van der Waals surface area (Å²) in [5.74, 6) is -1.35. The molecular formula is C24H24FN3O5S. The second-order valence-electron chi connectivity index (χ2n) is 7.23. The molecule has 10 heteroatoms. The van der Waals surface area contributed by atoms with Gasteiger partial charge in [-0.15, -0.1) is 0 Å². The van der Waals surface area contributed by atoms with Gasteiger partial charge in [-0.25, -0.2) is 18.2 Å². The number of sulfonamides is 1. The molecule has 0 atom stereocenters. The summed E-state index contributed by atoms with van der Waals surface area (Å²) in [6, 6.07) is 15.8. The van der Waals surface area contributed by atoms with Gasteiger partial charge in [-0.05, 0) is 61.9 Å². The lowest BCUT2D eigenvalue weighted by molar-refractivity contribution is -0.119. The zero-order valence-corrected chi connectivity index (χ0v) is 19.4. The lowest BCUT2D eigenvalue weighted by atomic mass is 10.2. The van der Waals surface area contributed by atoms with E-state index >= 15 is 0 Å². The average molecular weight is 486 g/mol. The van der Waals surface area contributed by atoms with Gasteiger partial charge in [0.15, 0.2) is 11.5 Å². The predicted molar refractivity (Wildman–Crippen MR) is 127 cm³/mol. The first kappa shape index (κ1) is 24.7. The van der Waals surface area contributed by atoms with E-state index in [-0.39, 0.29) is 22.1 Å². The van der Waals surface area contributed by atoms with Crippen LogP contribution in [-0.2, 0) is 14.8 Å². The van der Waals surface area contributed by atoms with Crippen LogP contribution < -0.4 is 14.5 Å². The quantitative estimate of drug-likeness (QED) is 0.356. The summed E-state index contributed by atoms with van der Waals surface area (Å²) in [6.45, 7) is 3.23. The van der Waals surface area contributed by atoms with Crippen molar-refractivity contribution in [3.63, 3.8) is 0 Å². The van der Waals surface area contributed by atoms with Gasteiger partial charge in [-0.1, -0.05) is 29.8 Å². The van der Waals surface area contributed by atoms with E-state index in [1.807, 2.05) is 6.92 Å². The van der Waals surface area contributed by atoms with Crippen LogP contribution in [0.25, 0.3) is 0 Å². The van der Waals surface area contributed by atoms with Gasteiger partial charge in [-0.3, -0.25) is 9.10 Å². The largest absolute Gasteiger partial charge is 0.504 e. The monoisotopic (exact) mass is 485 g/mol. The van der Waals surface area contributed by atoms with Crippen molar-refractivity contribution in [2.75, 3.05) is 17.5 Å². The third-order valence-corrected chi connectivity index (χ3v) is 6.48. The number of hydrazone groups is 1. The number of nitrogens with one attached hydrogen (secondary N) is 1. The van der Waals surface area contributed by atoms with Gasteiger partial charge in [-0.2, -0.15) is 5.10 Å². The summed E-state index contributed by atoms with van der Waals surface area (Å²) >= 11 is 0. The molecular weight excluding hydrogens is 461 g/mol. The molecule has 2 N–H and O–H groups in total. The molecule has 0 radical (unpaired) electrons. The fourth-order valence-electron chi connectivity index (χ4n) is 3.02. The Morgan fingerprint density at radius 3 is 2.53 bits per heavy atom. The van der Waals surface area contributed by atoms with Crippen LogP contribution in [0.3, 0.4) is 0 Å². The Bertz CT molecular complexity index is 1290. The molecule has 0 saturated carbocycles. The van der Waals surface area contributed by atoms with Gasteiger partial charge >= 0.3 is 0 Å². The van der Waals surface area contributed by atoms with Crippen LogP contribution in [0.15, 0.2) is 76.7 Å². The fraction of sp³-hybridized carbons (Fsp3) is 0.167. The molecule has 0 spiro atoms. The summed E-state index contributed by atoms with van der Waals surface area (Å²) in [4.78, 5) is 12.5. The van der Waals surface area contributed by atoms with Gasteiger partial charge in [0.1, 0.15) is 12.4 Å². The molecule has 0 aromatic heterocycles. The smallest absolute Gasteiger partial charge is 0.264 e. The Balaban J connectivity index is 1.82. The Hall–Kier alpha value is -3.92. The van der Waals surface area contributed by atoms with Gasteiger partial charge in [0.05, 0.1) is 23.4 Å². The SMILES string of the molecule is CCOc1cc(/C=N\NC(=O)CN(c2ccccc2F)S(=O)(=O)c2ccc(C)cc2)ccc1O. The van der Waals surface area contributed by atoms with Gasteiger partial charge < -0.3 is 9.84 Å². The summed E-state index contributed by atoms with van der Waals surface area (Å²) in [6.07, 6.45) is 1.31. The minimum atomic E-state index is -4.25. The molecule has 3 rings (SSSR count). The van der Waals surface area contributed by atoms with E-state index in [9.17, 15) is 22.7 Å². The molecule has 3 aromatic carbocycles. The predicted octanol–water partition coefficient (Wildman–Crippen LogP) is 3.58. The summed E-state index contributed by atoms with van der Waals surface area (Å²) in [5, 5.41) is 13.6. The standard InChI is InChI=1S/C24H24FN3O5S/c1-3-33-23-14-18(10-13-22(23)29)15-26-27-24(30)16-28(21-7-5-4-6-20(21)25)34(31,32)19-11-8-17(2)9-12-19/h4-15,29H,3,16H2,1-2H3,(H,27,30)/b26-15-. The highest BCUT2D eigenvalue weighted by molar-refractivity contribution is 7.92. The molecule has 0 bridgehead atoms. The molecule has 3 aromatic rings. The molecule has 34 heavy (non-hydrogen) atoms. The number of nitrogens with zero attached hydrogens (tertiary/aromatic N) is 2. The minimum absolute atomic E-state index is 0.0372. The first-order valence-electron chi connectivity index (χ1n) is 10.3. The van der Waals surface area contributed by atoms with E-state index in [2.05, 4.69) is 10.5 Å². The number of halogens is 1. The van der Waals surface area contributed by atoms with Crippen LogP contribution in [0.2, 0.25) is 0 Å². The summed E-state index contributed by atoms with van der Waals surface area (Å²) in [7, 11) is -4.25.